The van der Waals surface area contributed by atoms with Crippen LogP contribution in [0.5, 0.6) is 5.75 Å². The maximum absolute atomic E-state index is 13.1. The maximum Gasteiger partial charge on any atom is 0.416 e. The van der Waals surface area contributed by atoms with E-state index in [1.165, 1.54) is 17.0 Å². The number of aliphatic hydroxyl groups is 1. The molecule has 3 rings (SSSR count). The van der Waals surface area contributed by atoms with Gasteiger partial charge in [-0.1, -0.05) is 11.6 Å². The van der Waals surface area contributed by atoms with Crippen LogP contribution in [0, 0.1) is 6.92 Å². The van der Waals surface area contributed by atoms with Crippen LogP contribution in [0.15, 0.2) is 42.5 Å². The van der Waals surface area contributed by atoms with Crippen LogP contribution < -0.4 is 9.64 Å². The predicted octanol–water partition coefficient (Wildman–Crippen LogP) is 4.13. The number of rotatable bonds is 7. The molecular weight excluding hydrogens is 409 g/mol. The lowest BCUT2D eigenvalue weighted by Crippen LogP contribution is -2.37. The van der Waals surface area contributed by atoms with Gasteiger partial charge < -0.3 is 19.6 Å². The summed E-state index contributed by atoms with van der Waals surface area (Å²) in [5.41, 5.74) is 1.71. The lowest BCUT2D eigenvalue weighted by Gasteiger charge is -2.26. The van der Waals surface area contributed by atoms with Crippen LogP contribution >= 0.6 is 0 Å². The molecule has 0 spiro atoms. The summed E-state index contributed by atoms with van der Waals surface area (Å²) in [5, 5.41) is 10.3. The molecule has 1 N–H and O–H groups in total. The summed E-state index contributed by atoms with van der Waals surface area (Å²) in [4.78, 5) is 16.7. The molecular formula is C23H27F3N2O3. The fourth-order valence-corrected chi connectivity index (χ4v) is 3.64. The molecule has 0 bridgehead atoms. The molecule has 1 saturated heterocycles. The Hall–Kier alpha value is -2.74. The zero-order chi connectivity index (χ0) is 22.6. The Kier molecular flexibility index (Phi) is 7.10. The molecule has 0 radical (unpaired) electrons. The number of nitrogens with zero attached hydrogens (tertiary/aromatic N) is 2. The van der Waals surface area contributed by atoms with E-state index in [2.05, 4.69) is 4.90 Å². The number of hydrogen-bond acceptors (Lipinski definition) is 4. The van der Waals surface area contributed by atoms with Gasteiger partial charge in [-0.25, -0.2) is 0 Å². The summed E-state index contributed by atoms with van der Waals surface area (Å²) >= 11 is 0. The smallest absolute Gasteiger partial charge is 0.416 e. The molecule has 1 unspecified atom stereocenters. The van der Waals surface area contributed by atoms with Gasteiger partial charge in [-0.05, 0) is 56.2 Å². The largest absolute Gasteiger partial charge is 0.491 e. The number of amides is 1. The topological polar surface area (TPSA) is 53.0 Å². The van der Waals surface area contributed by atoms with E-state index < -0.39 is 17.8 Å². The van der Waals surface area contributed by atoms with Crippen LogP contribution in [0.1, 0.15) is 34.3 Å². The summed E-state index contributed by atoms with van der Waals surface area (Å²) < 4.78 is 43.3. The van der Waals surface area contributed by atoms with E-state index in [1.54, 1.807) is 7.05 Å². The van der Waals surface area contributed by atoms with Gasteiger partial charge in [-0.3, -0.25) is 4.79 Å². The first kappa shape index (κ1) is 22.9. The van der Waals surface area contributed by atoms with E-state index in [1.807, 2.05) is 25.1 Å². The number of aryl methyl sites for hydroxylation is 1. The lowest BCUT2D eigenvalue weighted by molar-refractivity contribution is -0.137. The molecule has 1 amide bonds. The third-order valence-electron chi connectivity index (χ3n) is 5.28. The maximum atomic E-state index is 13.1. The number of ether oxygens (including phenoxy) is 1. The second-order valence-electron chi connectivity index (χ2n) is 7.89. The Bertz CT molecular complexity index is 894. The number of likely N-dealkylation sites (N-methyl/N-ethyl adjacent to an activating group) is 1. The molecule has 1 aliphatic heterocycles. The van der Waals surface area contributed by atoms with Gasteiger partial charge in [0.25, 0.3) is 5.91 Å². The van der Waals surface area contributed by atoms with Gasteiger partial charge in [0, 0.05) is 32.4 Å². The van der Waals surface area contributed by atoms with Gasteiger partial charge in [-0.15, -0.1) is 0 Å². The average Bonchev–Trinajstić information content (AvgIpc) is 3.26. The van der Waals surface area contributed by atoms with E-state index in [0.717, 1.165) is 49.3 Å². The van der Waals surface area contributed by atoms with Crippen LogP contribution in [-0.4, -0.2) is 55.3 Å². The number of benzene rings is 2. The SMILES string of the molecule is Cc1ccc(N2CCCC2)c(C(=O)N(C)CC(O)COc2ccc(C(F)(F)F)cc2)c1. The Labute approximate surface area is 180 Å². The summed E-state index contributed by atoms with van der Waals surface area (Å²) in [6.07, 6.45) is -3.21. The first-order valence-electron chi connectivity index (χ1n) is 10.2. The van der Waals surface area contributed by atoms with E-state index in [4.69, 9.17) is 4.74 Å². The summed E-state index contributed by atoms with van der Waals surface area (Å²) in [7, 11) is 1.61. The first-order chi connectivity index (χ1) is 14.6. The van der Waals surface area contributed by atoms with Gasteiger partial charge in [0.15, 0.2) is 0 Å². The highest BCUT2D eigenvalue weighted by atomic mass is 19.4. The molecule has 2 aromatic rings. The van der Waals surface area contributed by atoms with Crippen molar-refractivity contribution in [1.29, 1.82) is 0 Å². The molecule has 1 atom stereocenters. The molecule has 2 aromatic carbocycles. The minimum absolute atomic E-state index is 0.0346. The molecule has 5 nitrogen and oxygen atoms in total. The highest BCUT2D eigenvalue weighted by molar-refractivity contribution is 6.00. The molecule has 8 heteroatoms. The molecule has 1 fully saturated rings. The van der Waals surface area contributed by atoms with Crippen molar-refractivity contribution in [3.63, 3.8) is 0 Å². The van der Waals surface area contributed by atoms with Crippen LogP contribution in [0.25, 0.3) is 0 Å². The van der Waals surface area contributed by atoms with Gasteiger partial charge in [-0.2, -0.15) is 13.2 Å². The second-order valence-corrected chi connectivity index (χ2v) is 7.89. The highest BCUT2D eigenvalue weighted by Crippen LogP contribution is 2.30. The number of carbonyl (C=O) groups excluding carboxylic acids is 1. The number of aliphatic hydroxyl groups excluding tert-OH is 1. The minimum Gasteiger partial charge on any atom is -0.491 e. The number of hydrogen-bond donors (Lipinski definition) is 1. The molecule has 1 heterocycles. The van der Waals surface area contributed by atoms with Crippen molar-refractivity contribution < 1.29 is 27.8 Å². The van der Waals surface area contributed by atoms with Gasteiger partial charge in [0.2, 0.25) is 0 Å². The van der Waals surface area contributed by atoms with Gasteiger partial charge >= 0.3 is 6.18 Å². The van der Waals surface area contributed by atoms with E-state index in [9.17, 15) is 23.1 Å². The number of carbonyl (C=O) groups is 1. The normalized spacial score (nSPS) is 15.1. The first-order valence-corrected chi connectivity index (χ1v) is 10.2. The van der Waals surface area contributed by atoms with Crippen molar-refractivity contribution in [3.05, 3.63) is 59.2 Å². The molecule has 0 aliphatic carbocycles. The standard InChI is InChI=1S/C23H27F3N2O3/c1-16-5-10-21(28-11-3-4-12-28)20(13-16)22(30)27(2)14-18(29)15-31-19-8-6-17(7-9-19)23(24,25)26/h5-10,13,18,29H,3-4,11-12,14-15H2,1-2H3. The van der Waals surface area contributed by atoms with E-state index >= 15 is 0 Å². The summed E-state index contributed by atoms with van der Waals surface area (Å²) in [5.74, 6) is 0.0233. The van der Waals surface area contributed by atoms with Crippen LogP contribution in [0.4, 0.5) is 18.9 Å². The third-order valence-corrected chi connectivity index (χ3v) is 5.28. The Morgan fingerprint density at radius 1 is 1.16 bits per heavy atom. The highest BCUT2D eigenvalue weighted by Gasteiger charge is 2.30. The fourth-order valence-electron chi connectivity index (χ4n) is 3.64. The molecule has 0 saturated carbocycles. The average molecular weight is 436 g/mol. The molecule has 31 heavy (non-hydrogen) atoms. The van der Waals surface area contributed by atoms with Crippen LogP contribution in [0.2, 0.25) is 0 Å². The number of anilines is 1. The molecule has 168 valence electrons. The molecule has 1 aliphatic rings. The van der Waals surface area contributed by atoms with Crippen molar-refractivity contribution >= 4 is 11.6 Å². The minimum atomic E-state index is -4.41. The number of alkyl halides is 3. The molecule has 0 aromatic heterocycles. The van der Waals surface area contributed by atoms with E-state index in [-0.39, 0.29) is 24.8 Å². The van der Waals surface area contributed by atoms with Gasteiger partial charge in [0.05, 0.1) is 11.1 Å². The Morgan fingerprint density at radius 2 is 1.81 bits per heavy atom. The fraction of sp³-hybridized carbons (Fsp3) is 0.435. The Balaban J connectivity index is 1.59. The van der Waals surface area contributed by atoms with E-state index in [0.29, 0.717) is 5.56 Å². The third kappa shape index (κ3) is 5.91. The Morgan fingerprint density at radius 3 is 2.42 bits per heavy atom. The summed E-state index contributed by atoms with van der Waals surface area (Å²) in [6, 6.07) is 10.1. The van der Waals surface area contributed by atoms with Crippen molar-refractivity contribution in [1.82, 2.24) is 4.90 Å². The summed E-state index contributed by atoms with van der Waals surface area (Å²) in [6.45, 7) is 3.65. The van der Waals surface area contributed by atoms with Gasteiger partial charge in [0.1, 0.15) is 18.5 Å². The van der Waals surface area contributed by atoms with Crippen LogP contribution in [-0.2, 0) is 6.18 Å². The van der Waals surface area contributed by atoms with Crippen molar-refractivity contribution in [2.75, 3.05) is 38.2 Å². The second kappa shape index (κ2) is 9.60. The van der Waals surface area contributed by atoms with Crippen molar-refractivity contribution in [2.24, 2.45) is 0 Å². The zero-order valence-corrected chi connectivity index (χ0v) is 17.7. The van der Waals surface area contributed by atoms with Crippen LogP contribution in [0.3, 0.4) is 0 Å². The van der Waals surface area contributed by atoms with Crippen molar-refractivity contribution in [3.8, 4) is 5.75 Å². The predicted molar refractivity (Wildman–Crippen MR) is 113 cm³/mol. The quantitative estimate of drug-likeness (QED) is 0.709. The monoisotopic (exact) mass is 436 g/mol. The zero-order valence-electron chi connectivity index (χ0n) is 17.7. The van der Waals surface area contributed by atoms with Crippen molar-refractivity contribution in [2.45, 2.75) is 32.0 Å². The lowest BCUT2D eigenvalue weighted by atomic mass is 10.1. The number of halogens is 3.